The summed E-state index contributed by atoms with van der Waals surface area (Å²) in [6, 6.07) is 53.9. The maximum Gasteiger partial charge on any atom is 0.342 e. The molecule has 47 heavy (non-hydrogen) atoms. The van der Waals surface area contributed by atoms with E-state index in [1.54, 1.807) is 0 Å². The van der Waals surface area contributed by atoms with Crippen molar-refractivity contribution in [3.05, 3.63) is 173 Å². The van der Waals surface area contributed by atoms with Gasteiger partial charge in [0.25, 0.3) is 0 Å². The van der Waals surface area contributed by atoms with Crippen LogP contribution in [0.2, 0.25) is 0 Å². The van der Waals surface area contributed by atoms with E-state index in [9.17, 15) is 4.79 Å². The fourth-order valence-electron chi connectivity index (χ4n) is 6.46. The van der Waals surface area contributed by atoms with E-state index in [4.69, 9.17) is 9.47 Å². The Morgan fingerprint density at radius 3 is 1.74 bits per heavy atom. The molecule has 5 aromatic carbocycles. The minimum absolute atomic E-state index is 0.0780. The highest BCUT2D eigenvalue weighted by Gasteiger charge is 2.52. The van der Waals surface area contributed by atoms with Crippen molar-refractivity contribution in [1.29, 1.82) is 0 Å². The number of hydrogen-bond acceptors (Lipinski definition) is 3. The summed E-state index contributed by atoms with van der Waals surface area (Å²) in [6.07, 6.45) is 5.25. The molecule has 6 rings (SSSR count). The molecule has 0 saturated heterocycles. The third-order valence-corrected chi connectivity index (χ3v) is 14.4. The second-order valence-electron chi connectivity index (χ2n) is 11.5. The number of hydrogen-bond donors (Lipinski definition) is 0. The molecule has 0 amide bonds. The van der Waals surface area contributed by atoms with Gasteiger partial charge in [0.15, 0.2) is 0 Å². The summed E-state index contributed by atoms with van der Waals surface area (Å²) < 4.78 is 12.5. The van der Waals surface area contributed by atoms with E-state index in [1.165, 1.54) is 26.8 Å². The van der Waals surface area contributed by atoms with Crippen molar-refractivity contribution in [2.24, 2.45) is 5.92 Å². The van der Waals surface area contributed by atoms with Crippen LogP contribution in [0.3, 0.4) is 0 Å². The van der Waals surface area contributed by atoms with Crippen LogP contribution in [0.25, 0.3) is 11.8 Å². The van der Waals surface area contributed by atoms with E-state index in [0.29, 0.717) is 32.9 Å². The molecule has 5 heteroatoms. The van der Waals surface area contributed by atoms with Gasteiger partial charge in [-0.05, 0) is 74.0 Å². The van der Waals surface area contributed by atoms with Crippen molar-refractivity contribution < 1.29 is 14.3 Å². The first-order valence-electron chi connectivity index (χ1n) is 16.4. The highest BCUT2D eigenvalue weighted by molar-refractivity contribution is 7.99. The summed E-state index contributed by atoms with van der Waals surface area (Å²) in [5.41, 5.74) is 2.08. The van der Waals surface area contributed by atoms with E-state index >= 15 is 0 Å². The highest BCUT2D eigenvalue weighted by Crippen LogP contribution is 2.66. The standard InChI is InChI=1S/C42H41O3P2/c1-2-44-42(43)41-40(34-21-10-4-11-22-34)45-32-35(23-18-30-46-41)39(31-33-19-8-3-9-20-33)47(36-24-12-5-13-25-36,37-26-14-6-15-27-37)38-28-16-7-17-29-38/h3-17,19-22,24-29,31,35,46H,2,18,23,30,32H2,1H3/q+1/b39-31-,41-40-. The van der Waals surface area contributed by atoms with Crippen molar-refractivity contribution in [1.82, 2.24) is 0 Å². The van der Waals surface area contributed by atoms with Crippen LogP contribution >= 0.6 is 15.8 Å². The lowest BCUT2D eigenvalue weighted by molar-refractivity contribution is -0.137. The van der Waals surface area contributed by atoms with Crippen molar-refractivity contribution >= 4 is 49.6 Å². The van der Waals surface area contributed by atoms with Crippen LogP contribution in [0, 0.1) is 5.92 Å². The van der Waals surface area contributed by atoms with Gasteiger partial charge >= 0.3 is 5.97 Å². The van der Waals surface area contributed by atoms with Crippen LogP contribution in [0.1, 0.15) is 30.9 Å². The zero-order valence-corrected chi connectivity index (χ0v) is 28.7. The monoisotopic (exact) mass is 655 g/mol. The van der Waals surface area contributed by atoms with Gasteiger partial charge in [-0.25, -0.2) is 4.79 Å². The Morgan fingerprint density at radius 1 is 0.745 bits per heavy atom. The summed E-state index contributed by atoms with van der Waals surface area (Å²) >= 11 is 0. The van der Waals surface area contributed by atoms with Crippen molar-refractivity contribution in [2.75, 3.05) is 19.4 Å². The molecule has 0 bridgehead atoms. The molecule has 1 heterocycles. The van der Waals surface area contributed by atoms with Crippen LogP contribution in [0.5, 0.6) is 0 Å². The first kappa shape index (κ1) is 32.6. The van der Waals surface area contributed by atoms with Crippen LogP contribution in [0.4, 0.5) is 0 Å². The SMILES string of the molecule is CCOC(=O)/C1=C(\c2ccccc2)OCC(/C(=C/c2ccccc2)[P+](c2ccccc2)(c2ccccc2)c2ccccc2)CCCP1. The van der Waals surface area contributed by atoms with E-state index in [-0.39, 0.29) is 11.9 Å². The molecular weight excluding hydrogens is 614 g/mol. The minimum atomic E-state index is -2.41. The van der Waals surface area contributed by atoms with Gasteiger partial charge in [0, 0.05) is 5.56 Å². The molecule has 0 aliphatic carbocycles. The zero-order valence-electron chi connectivity index (χ0n) is 26.8. The summed E-state index contributed by atoms with van der Waals surface area (Å²) in [5, 5.41) is 5.97. The Hall–Kier alpha value is -4.29. The molecule has 3 nitrogen and oxygen atoms in total. The van der Waals surface area contributed by atoms with Gasteiger partial charge in [0.2, 0.25) is 0 Å². The molecule has 1 aliphatic heterocycles. The van der Waals surface area contributed by atoms with Gasteiger partial charge in [-0.3, -0.25) is 0 Å². The summed E-state index contributed by atoms with van der Waals surface area (Å²) in [7, 11) is -2.10. The van der Waals surface area contributed by atoms with E-state index in [2.05, 4.69) is 127 Å². The quantitative estimate of drug-likeness (QED) is 0.117. The number of esters is 1. The zero-order chi connectivity index (χ0) is 32.3. The molecule has 0 radical (unpaired) electrons. The van der Waals surface area contributed by atoms with Crippen LogP contribution in [-0.4, -0.2) is 25.3 Å². The lowest BCUT2D eigenvalue weighted by atomic mass is 10.0. The van der Waals surface area contributed by atoms with Crippen molar-refractivity contribution in [3.8, 4) is 0 Å². The molecule has 0 N–H and O–H groups in total. The van der Waals surface area contributed by atoms with Gasteiger partial charge in [0.1, 0.15) is 28.9 Å². The fraction of sp³-hybridized carbons (Fsp3) is 0.167. The fourth-order valence-corrected chi connectivity index (χ4v) is 12.4. The minimum Gasteiger partial charge on any atom is -0.491 e. The largest absolute Gasteiger partial charge is 0.491 e. The van der Waals surface area contributed by atoms with Crippen LogP contribution < -0.4 is 15.9 Å². The molecule has 0 saturated carbocycles. The van der Waals surface area contributed by atoms with Crippen molar-refractivity contribution in [3.63, 3.8) is 0 Å². The summed E-state index contributed by atoms with van der Waals surface area (Å²) in [5.74, 6) is 0.452. The van der Waals surface area contributed by atoms with Crippen molar-refractivity contribution in [2.45, 2.75) is 19.8 Å². The van der Waals surface area contributed by atoms with Crippen LogP contribution in [0.15, 0.2) is 162 Å². The molecule has 0 fully saturated rings. The first-order chi connectivity index (χ1) is 23.2. The van der Waals surface area contributed by atoms with E-state index < -0.39 is 7.26 Å². The highest BCUT2D eigenvalue weighted by atomic mass is 31.2. The Kier molecular flexibility index (Phi) is 11.1. The predicted octanol–water partition coefficient (Wildman–Crippen LogP) is 9.06. The number of ether oxygens (including phenoxy) is 2. The molecule has 1 aliphatic rings. The van der Waals surface area contributed by atoms with Gasteiger partial charge in [-0.15, -0.1) is 0 Å². The average molecular weight is 656 g/mol. The maximum atomic E-state index is 13.4. The Labute approximate surface area is 281 Å². The van der Waals surface area contributed by atoms with Crippen LogP contribution in [-0.2, 0) is 14.3 Å². The molecule has 2 atom stereocenters. The number of carbonyl (C=O) groups excluding carboxylic acids is 1. The number of benzene rings is 5. The lowest BCUT2D eigenvalue weighted by Gasteiger charge is -2.34. The first-order valence-corrected chi connectivity index (χ1v) is 19.4. The van der Waals surface area contributed by atoms with E-state index in [0.717, 1.165) is 24.6 Å². The summed E-state index contributed by atoms with van der Waals surface area (Å²) in [4.78, 5) is 13.4. The molecule has 0 spiro atoms. The van der Waals surface area contributed by atoms with Gasteiger partial charge in [-0.2, -0.15) is 0 Å². The lowest BCUT2D eigenvalue weighted by Crippen LogP contribution is -2.35. The Morgan fingerprint density at radius 2 is 1.23 bits per heavy atom. The van der Waals surface area contributed by atoms with Gasteiger partial charge < -0.3 is 9.47 Å². The topological polar surface area (TPSA) is 35.5 Å². The predicted molar refractivity (Wildman–Crippen MR) is 201 cm³/mol. The molecular formula is C42H41O3P2+. The normalized spacial score (nSPS) is 18.0. The molecule has 2 unspecified atom stereocenters. The van der Waals surface area contributed by atoms with E-state index in [1.807, 2.05) is 37.3 Å². The Balaban J connectivity index is 1.59. The average Bonchev–Trinajstić information content (AvgIpc) is 3.25. The molecule has 0 aromatic heterocycles. The third kappa shape index (κ3) is 7.33. The molecule has 236 valence electrons. The van der Waals surface area contributed by atoms with Gasteiger partial charge in [0.05, 0.1) is 29.8 Å². The summed E-state index contributed by atoms with van der Waals surface area (Å²) in [6.45, 7) is 2.64. The third-order valence-electron chi connectivity index (χ3n) is 8.55. The van der Waals surface area contributed by atoms with Gasteiger partial charge in [-0.1, -0.05) is 124 Å². The molecule has 5 aromatic rings. The maximum absolute atomic E-state index is 13.4. The number of carbonyl (C=O) groups is 1. The number of rotatable bonds is 9. The smallest absolute Gasteiger partial charge is 0.342 e. The second kappa shape index (κ2) is 16.0. The Bertz CT molecular complexity index is 1690. The second-order valence-corrected chi connectivity index (χ2v) is 16.3.